The lowest BCUT2D eigenvalue weighted by Gasteiger charge is -2.31. The van der Waals surface area contributed by atoms with Gasteiger partial charge in [-0.15, -0.1) is 43.7 Å². The van der Waals surface area contributed by atoms with Crippen molar-refractivity contribution in [2.45, 2.75) is 0 Å². The zero-order valence-corrected chi connectivity index (χ0v) is 40.1. The van der Waals surface area contributed by atoms with E-state index in [1.54, 1.807) is 0 Å². The molecule has 0 aliphatic carbocycles. The van der Waals surface area contributed by atoms with Crippen LogP contribution in [0.1, 0.15) is 0 Å². The summed E-state index contributed by atoms with van der Waals surface area (Å²) in [6.07, 6.45) is 0. The van der Waals surface area contributed by atoms with E-state index in [-0.39, 0.29) is 0 Å². The van der Waals surface area contributed by atoms with E-state index in [0.717, 1.165) is 21.9 Å². The van der Waals surface area contributed by atoms with E-state index < -0.39 is 0 Å². The van der Waals surface area contributed by atoms with Crippen molar-refractivity contribution in [1.29, 1.82) is 0 Å². The van der Waals surface area contributed by atoms with Crippen molar-refractivity contribution in [3.8, 4) is 22.3 Å². The van der Waals surface area contributed by atoms with Gasteiger partial charge in [0, 0.05) is 10.8 Å². The molecule has 10 rings (SSSR count). The summed E-state index contributed by atoms with van der Waals surface area (Å²) in [5.41, 5.74) is 30.8. The molecule has 276 valence electrons. The van der Waals surface area contributed by atoms with Gasteiger partial charge < -0.3 is 4.42 Å². The Morgan fingerprint density at radius 3 is 1.08 bits per heavy atom. The molecule has 1 aromatic heterocycles. The Bertz CT molecular complexity index is 3700. The minimum Gasteiger partial charge on any atom is -0.456 e. The summed E-state index contributed by atoms with van der Waals surface area (Å²) in [5, 5.41) is 16.0. The van der Waals surface area contributed by atoms with E-state index in [4.69, 9.17) is 4.42 Å². The van der Waals surface area contributed by atoms with Crippen molar-refractivity contribution < 1.29 is 4.42 Å². The van der Waals surface area contributed by atoms with Gasteiger partial charge in [-0.3, -0.25) is 0 Å². The second-order valence-electron chi connectivity index (χ2n) is 19.3. The molecule has 0 N–H and O–H groups in total. The van der Waals surface area contributed by atoms with Crippen molar-refractivity contribution in [2.75, 3.05) is 0 Å². The molecule has 0 fully saturated rings. The van der Waals surface area contributed by atoms with Crippen LogP contribution in [-0.2, 0) is 0 Å². The minimum atomic E-state index is 0.926. The average molecular weight is 772 g/mol. The molecule has 0 aliphatic heterocycles. The third kappa shape index (κ3) is 5.28. The van der Waals surface area contributed by atoms with Crippen LogP contribution in [-0.4, -0.2) is 133 Å². The van der Waals surface area contributed by atoms with Gasteiger partial charge in [0.2, 0.25) is 0 Å². The predicted octanol–water partition coefficient (Wildman–Crippen LogP) is -16.9. The van der Waals surface area contributed by atoms with Gasteiger partial charge in [-0.1, -0.05) is 79.5 Å². The molecule has 9 aromatic carbocycles. The maximum Gasteiger partial charge on any atom is 0.140 e. The minimum absolute atomic E-state index is 0.926. The van der Waals surface area contributed by atoms with Crippen molar-refractivity contribution in [3.05, 3.63) is 54.6 Å². The fraction of sp³-hybridized carbons (Fsp3) is 0. The number of benzene rings is 9. The summed E-state index contributed by atoms with van der Waals surface area (Å²) < 4.78 is 6.62. The lowest BCUT2D eigenvalue weighted by Crippen LogP contribution is -2.52. The zero-order valence-electron chi connectivity index (χ0n) is 40.1. The van der Waals surface area contributed by atoms with Gasteiger partial charge in [-0.2, -0.15) is 0 Å². The lowest BCUT2D eigenvalue weighted by atomic mass is 9.56. The molecule has 0 unspecified atom stereocenters. The Labute approximate surface area is 381 Å². The molecule has 0 saturated heterocycles. The Morgan fingerprint density at radius 1 is 0.258 bits per heavy atom. The second kappa shape index (κ2) is 14.1. The summed E-state index contributed by atoms with van der Waals surface area (Å²) in [6, 6.07) is 20.1. The van der Waals surface area contributed by atoms with Gasteiger partial charge in [-0.05, 0) is 100 Å². The first kappa shape index (κ1) is 41.2. The molecule has 0 aliphatic rings. The number of hydrogen-bond donors (Lipinski definition) is 0. The average Bonchev–Trinajstić information content (AvgIpc) is 3.62. The van der Waals surface area contributed by atoms with Crippen molar-refractivity contribution in [1.82, 2.24) is 0 Å². The molecule has 0 spiro atoms. The van der Waals surface area contributed by atoms with Crippen molar-refractivity contribution in [2.24, 2.45) is 0 Å². The summed E-state index contributed by atoms with van der Waals surface area (Å²) in [7, 11) is 40.3. The van der Waals surface area contributed by atoms with Gasteiger partial charge in [0.25, 0.3) is 0 Å². The zero-order chi connectivity index (χ0) is 44.3. The molecule has 0 radical (unpaired) electrons. The van der Waals surface area contributed by atoms with Crippen molar-refractivity contribution in [3.63, 3.8) is 0 Å². The molecular formula is C44H43B17O. The topological polar surface area (TPSA) is 13.1 Å². The van der Waals surface area contributed by atoms with Gasteiger partial charge in [-0.25, -0.2) is 0 Å². The molecule has 0 bridgehead atoms. The van der Waals surface area contributed by atoms with E-state index in [0.29, 0.717) is 0 Å². The van der Waals surface area contributed by atoms with Crippen LogP contribution in [0.25, 0.3) is 98.1 Å². The molecule has 62 heavy (non-hydrogen) atoms. The number of fused-ring (bicyclic) bond motifs is 9. The highest BCUT2D eigenvalue weighted by atomic mass is 16.3. The summed E-state index contributed by atoms with van der Waals surface area (Å²) in [6.45, 7) is 0. The molecule has 18 heteroatoms. The van der Waals surface area contributed by atoms with Gasteiger partial charge in [0.15, 0.2) is 0 Å². The largest absolute Gasteiger partial charge is 0.456 e. The maximum absolute atomic E-state index is 6.62. The third-order valence-electron chi connectivity index (χ3n) is 16.9. The third-order valence-corrected chi connectivity index (χ3v) is 16.9. The second-order valence-corrected chi connectivity index (χ2v) is 19.3. The maximum atomic E-state index is 6.62. The first-order chi connectivity index (χ1) is 29.4. The molecule has 10 aromatic rings. The standard InChI is InChI=1S/C44H43B17O/c45-28-21(24-25(34(51)42(59)41(58)33(24)50)26-27(28)36(53)44(61)43(60)35(26)52)18-22-19(29(46)37(54)39(56)31(22)48)17(20-23(18)32(49)40(57)38(55)30(20)47)12-5-6-15-13(8-12)14-7-10-3-1-2-4-11(10)9-16(14)62-15/h1-9H,45-61H2. The van der Waals surface area contributed by atoms with E-state index in [1.165, 1.54) is 169 Å². The number of rotatable bonds is 2. The van der Waals surface area contributed by atoms with Crippen LogP contribution in [0, 0.1) is 0 Å². The highest BCUT2D eigenvalue weighted by Crippen LogP contribution is 2.44. The van der Waals surface area contributed by atoms with Crippen molar-refractivity contribution >= 4 is 302 Å². The van der Waals surface area contributed by atoms with Crippen LogP contribution in [0.15, 0.2) is 59.0 Å². The van der Waals surface area contributed by atoms with Crippen LogP contribution in [0.4, 0.5) is 0 Å². The Hall–Kier alpha value is -4.82. The summed E-state index contributed by atoms with van der Waals surface area (Å²) >= 11 is 0. The SMILES string of the molecule is Bc1c(B)c(B)c2c(-c3c(B)c4c(B)c(B)c(B)c(B)c4c4c(B)c(B)c(B)c(B)c34)c3c(B)c(B)c(B)c(B)c3c(-c3ccc4oc5cc6ccccc6cc5c4c3)c2c1B. The molecule has 1 nitrogen and oxygen atoms in total. The molecule has 1 heterocycles. The molecule has 0 amide bonds. The van der Waals surface area contributed by atoms with Crippen LogP contribution >= 0.6 is 0 Å². The van der Waals surface area contributed by atoms with Crippen LogP contribution in [0.3, 0.4) is 0 Å². The Balaban J connectivity index is 1.52. The first-order valence-corrected chi connectivity index (χ1v) is 22.6. The quantitative estimate of drug-likeness (QED) is 0.0969. The van der Waals surface area contributed by atoms with Crippen LogP contribution in [0.5, 0.6) is 0 Å². The van der Waals surface area contributed by atoms with Gasteiger partial charge in [0.1, 0.15) is 145 Å². The molecular weight excluding hydrogens is 728 g/mol. The van der Waals surface area contributed by atoms with Gasteiger partial charge in [0.05, 0.1) is 0 Å². The predicted molar refractivity (Wildman–Crippen MR) is 331 cm³/mol. The fourth-order valence-electron chi connectivity index (χ4n) is 11.9. The van der Waals surface area contributed by atoms with E-state index in [2.05, 4.69) is 188 Å². The van der Waals surface area contributed by atoms with E-state index in [9.17, 15) is 0 Å². The highest BCUT2D eigenvalue weighted by molar-refractivity contribution is 6.76. The normalized spacial score (nSPS) is 12.0. The fourth-order valence-corrected chi connectivity index (χ4v) is 11.9. The molecule has 0 atom stereocenters. The summed E-state index contributed by atoms with van der Waals surface area (Å²) in [5.74, 6) is 0. The smallest absolute Gasteiger partial charge is 0.140 e. The lowest BCUT2D eigenvalue weighted by molar-refractivity contribution is 0.669. The monoisotopic (exact) mass is 774 g/mol. The highest BCUT2D eigenvalue weighted by Gasteiger charge is 2.29. The Kier molecular flexibility index (Phi) is 9.37. The van der Waals surface area contributed by atoms with Crippen LogP contribution in [0.2, 0.25) is 0 Å². The van der Waals surface area contributed by atoms with E-state index >= 15 is 0 Å². The first-order valence-electron chi connectivity index (χ1n) is 22.6. The summed E-state index contributed by atoms with van der Waals surface area (Å²) in [4.78, 5) is 0. The van der Waals surface area contributed by atoms with Gasteiger partial charge >= 0.3 is 0 Å². The number of furan rings is 1. The molecule has 0 saturated carbocycles. The number of hydrogen-bond acceptors (Lipinski definition) is 1. The Morgan fingerprint density at radius 2 is 0.613 bits per heavy atom. The van der Waals surface area contributed by atoms with Crippen LogP contribution < -0.4 is 92.9 Å². The van der Waals surface area contributed by atoms with E-state index in [1.807, 2.05) is 0 Å².